The molecule has 0 radical (unpaired) electrons. The molecule has 0 spiro atoms. The highest BCUT2D eigenvalue weighted by atomic mass is 19.4. The molecule has 0 saturated carbocycles. The Morgan fingerprint density at radius 3 is 2.36 bits per heavy atom. The first-order chi connectivity index (χ1) is 6.36. The molecule has 0 saturated heterocycles. The monoisotopic (exact) mass is 208 g/mol. The maximum Gasteiger partial charge on any atom is 0.420 e. The first-order valence-corrected chi connectivity index (χ1v) is 3.62. The van der Waals surface area contributed by atoms with Crippen LogP contribution >= 0.6 is 0 Å². The first kappa shape index (κ1) is 10.6. The van der Waals surface area contributed by atoms with Crippen molar-refractivity contribution in [2.75, 3.05) is 7.11 Å². The number of carbonyl (C=O) groups excluding carboxylic acids is 1. The summed E-state index contributed by atoms with van der Waals surface area (Å²) in [5, 5.41) is 0. The summed E-state index contributed by atoms with van der Waals surface area (Å²) in [4.78, 5) is 10.8. The quantitative estimate of drug-likeness (QED) is 0.701. The van der Waals surface area contributed by atoms with Crippen molar-refractivity contribution in [2.24, 2.45) is 0 Å². The van der Waals surface area contributed by atoms with Crippen LogP contribution in [-0.2, 0) is 6.18 Å². The standard InChI is InChI=1S/C8H7F3O3/c1-4(12)7-5(8(9,10)11)3-6(13-2)14-7/h3H,1-2H3. The van der Waals surface area contributed by atoms with Crippen LogP contribution in [0.4, 0.5) is 13.2 Å². The normalized spacial score (nSPS) is 11.5. The number of alkyl halides is 3. The Morgan fingerprint density at radius 1 is 1.50 bits per heavy atom. The van der Waals surface area contributed by atoms with Crippen molar-refractivity contribution in [1.29, 1.82) is 0 Å². The zero-order valence-electron chi connectivity index (χ0n) is 7.44. The maximum absolute atomic E-state index is 12.3. The number of rotatable bonds is 2. The van der Waals surface area contributed by atoms with Crippen LogP contribution in [0.3, 0.4) is 0 Å². The van der Waals surface area contributed by atoms with Crippen LogP contribution < -0.4 is 4.74 Å². The van der Waals surface area contributed by atoms with Gasteiger partial charge >= 0.3 is 6.18 Å². The SMILES string of the molecule is COc1cc(C(F)(F)F)c(C(C)=O)o1. The van der Waals surface area contributed by atoms with E-state index in [1.54, 1.807) is 0 Å². The molecule has 1 aromatic rings. The Balaban J connectivity index is 3.26. The fraction of sp³-hybridized carbons (Fsp3) is 0.375. The molecule has 78 valence electrons. The topological polar surface area (TPSA) is 39.4 Å². The second-order valence-electron chi connectivity index (χ2n) is 2.57. The minimum atomic E-state index is -4.61. The van der Waals surface area contributed by atoms with E-state index in [0.29, 0.717) is 6.07 Å². The zero-order valence-corrected chi connectivity index (χ0v) is 7.44. The van der Waals surface area contributed by atoms with E-state index in [2.05, 4.69) is 9.15 Å². The molecule has 0 bridgehead atoms. The average Bonchev–Trinajstić information content (AvgIpc) is 2.46. The molecule has 0 aliphatic carbocycles. The molecule has 1 heterocycles. The van der Waals surface area contributed by atoms with Gasteiger partial charge in [-0.2, -0.15) is 13.2 Å². The van der Waals surface area contributed by atoms with Crippen LogP contribution in [0.15, 0.2) is 10.5 Å². The lowest BCUT2D eigenvalue weighted by Gasteiger charge is -2.02. The molecule has 0 aromatic carbocycles. The van der Waals surface area contributed by atoms with Gasteiger partial charge in [-0.1, -0.05) is 0 Å². The van der Waals surface area contributed by atoms with E-state index in [1.165, 1.54) is 0 Å². The lowest BCUT2D eigenvalue weighted by atomic mass is 10.2. The van der Waals surface area contributed by atoms with Gasteiger partial charge in [-0.05, 0) is 0 Å². The molecular formula is C8H7F3O3. The van der Waals surface area contributed by atoms with E-state index in [1.807, 2.05) is 0 Å². The number of Topliss-reactive ketones (excluding diaryl/α,β-unsaturated/α-hetero) is 1. The van der Waals surface area contributed by atoms with Crippen LogP contribution in [0.1, 0.15) is 23.0 Å². The molecule has 1 aromatic heterocycles. The lowest BCUT2D eigenvalue weighted by molar-refractivity contribution is -0.138. The van der Waals surface area contributed by atoms with Gasteiger partial charge in [0.2, 0.25) is 0 Å². The summed E-state index contributed by atoms with van der Waals surface area (Å²) in [6, 6.07) is 0.650. The van der Waals surface area contributed by atoms with Crippen LogP contribution in [0, 0.1) is 0 Å². The van der Waals surface area contributed by atoms with Gasteiger partial charge in [0.15, 0.2) is 11.5 Å². The minimum Gasteiger partial charge on any atom is -0.468 e. The van der Waals surface area contributed by atoms with E-state index in [0.717, 1.165) is 14.0 Å². The minimum absolute atomic E-state index is 0.331. The Labute approximate surface area is 77.5 Å². The van der Waals surface area contributed by atoms with E-state index >= 15 is 0 Å². The summed E-state index contributed by atoms with van der Waals surface area (Å²) in [5.74, 6) is -1.85. The van der Waals surface area contributed by atoms with Gasteiger partial charge in [-0.3, -0.25) is 4.79 Å². The second kappa shape index (κ2) is 3.36. The van der Waals surface area contributed by atoms with Gasteiger partial charge < -0.3 is 9.15 Å². The summed E-state index contributed by atoms with van der Waals surface area (Å²) in [7, 11) is 1.16. The van der Waals surface area contributed by atoms with Crippen molar-refractivity contribution in [3.8, 4) is 5.95 Å². The van der Waals surface area contributed by atoms with Crippen molar-refractivity contribution in [3.05, 3.63) is 17.4 Å². The Bertz CT molecular complexity index is 351. The molecule has 6 heteroatoms. The zero-order chi connectivity index (χ0) is 10.9. The predicted octanol–water partition coefficient (Wildman–Crippen LogP) is 2.51. The highest BCUT2D eigenvalue weighted by Crippen LogP contribution is 2.36. The highest BCUT2D eigenvalue weighted by molar-refractivity contribution is 5.93. The van der Waals surface area contributed by atoms with Gasteiger partial charge in [-0.15, -0.1) is 0 Å². The van der Waals surface area contributed by atoms with E-state index < -0.39 is 23.3 Å². The Hall–Kier alpha value is -1.46. The molecule has 0 N–H and O–H groups in total. The summed E-state index contributed by atoms with van der Waals surface area (Å²) >= 11 is 0. The smallest absolute Gasteiger partial charge is 0.420 e. The average molecular weight is 208 g/mol. The van der Waals surface area contributed by atoms with Crippen molar-refractivity contribution in [1.82, 2.24) is 0 Å². The number of furan rings is 1. The molecule has 0 amide bonds. The van der Waals surface area contributed by atoms with Crippen LogP contribution in [-0.4, -0.2) is 12.9 Å². The third-order valence-corrected chi connectivity index (χ3v) is 1.54. The van der Waals surface area contributed by atoms with Crippen molar-refractivity contribution < 1.29 is 27.1 Å². The van der Waals surface area contributed by atoms with Crippen molar-refractivity contribution in [3.63, 3.8) is 0 Å². The van der Waals surface area contributed by atoms with Gasteiger partial charge in [-0.25, -0.2) is 0 Å². The molecule has 1 rings (SSSR count). The predicted molar refractivity (Wildman–Crippen MR) is 40.3 cm³/mol. The summed E-state index contributed by atoms with van der Waals surface area (Å²) in [5.41, 5.74) is -1.11. The summed E-state index contributed by atoms with van der Waals surface area (Å²) in [6.45, 7) is 0.994. The van der Waals surface area contributed by atoms with Gasteiger partial charge in [0.05, 0.1) is 7.11 Å². The number of ether oxygens (including phenoxy) is 1. The van der Waals surface area contributed by atoms with Crippen LogP contribution in [0.2, 0.25) is 0 Å². The molecular weight excluding hydrogens is 201 g/mol. The van der Waals surface area contributed by atoms with E-state index in [-0.39, 0.29) is 5.95 Å². The van der Waals surface area contributed by atoms with Gasteiger partial charge in [0.25, 0.3) is 5.95 Å². The van der Waals surface area contributed by atoms with E-state index in [9.17, 15) is 18.0 Å². The Kier molecular flexibility index (Phi) is 2.55. The molecule has 0 unspecified atom stereocenters. The number of methoxy groups -OCH3 is 1. The van der Waals surface area contributed by atoms with Crippen molar-refractivity contribution >= 4 is 5.78 Å². The third-order valence-electron chi connectivity index (χ3n) is 1.54. The number of hydrogen-bond acceptors (Lipinski definition) is 3. The molecule has 0 atom stereocenters. The molecule has 14 heavy (non-hydrogen) atoms. The summed E-state index contributed by atoms with van der Waals surface area (Å²) in [6.07, 6.45) is -4.61. The number of carbonyl (C=O) groups is 1. The molecule has 0 aliphatic rings. The van der Waals surface area contributed by atoms with Crippen molar-refractivity contribution in [2.45, 2.75) is 13.1 Å². The highest BCUT2D eigenvalue weighted by Gasteiger charge is 2.38. The fourth-order valence-electron chi connectivity index (χ4n) is 0.941. The number of ketones is 1. The fourth-order valence-corrected chi connectivity index (χ4v) is 0.941. The largest absolute Gasteiger partial charge is 0.468 e. The molecule has 0 aliphatic heterocycles. The Morgan fingerprint density at radius 2 is 2.07 bits per heavy atom. The first-order valence-electron chi connectivity index (χ1n) is 3.62. The third kappa shape index (κ3) is 1.89. The maximum atomic E-state index is 12.3. The number of halogens is 3. The van der Waals surface area contributed by atoms with E-state index in [4.69, 9.17) is 0 Å². The molecule has 3 nitrogen and oxygen atoms in total. The lowest BCUT2D eigenvalue weighted by Crippen LogP contribution is -2.08. The van der Waals surface area contributed by atoms with Gasteiger partial charge in [0.1, 0.15) is 5.56 Å². The number of hydrogen-bond donors (Lipinski definition) is 0. The summed E-state index contributed by atoms with van der Waals surface area (Å²) < 4.78 is 45.9. The second-order valence-corrected chi connectivity index (χ2v) is 2.57. The van der Waals surface area contributed by atoms with Crippen LogP contribution in [0.25, 0.3) is 0 Å². The molecule has 0 fully saturated rings. The van der Waals surface area contributed by atoms with Gasteiger partial charge in [0, 0.05) is 13.0 Å². The van der Waals surface area contributed by atoms with Crippen LogP contribution in [0.5, 0.6) is 5.95 Å².